The maximum Gasteiger partial charge on any atom is 0.573 e. The van der Waals surface area contributed by atoms with Crippen molar-refractivity contribution in [2.24, 2.45) is 0 Å². The van der Waals surface area contributed by atoms with Crippen LogP contribution < -0.4 is 8.92 Å². The maximum atomic E-state index is 12.6. The molecule has 12 heteroatoms. The Kier molecular flexibility index (Phi) is 7.86. The summed E-state index contributed by atoms with van der Waals surface area (Å²) in [5, 5.41) is 10.4. The minimum Gasteiger partial charge on any atom is -0.444 e. The van der Waals surface area contributed by atoms with Crippen molar-refractivity contribution >= 4 is 16.2 Å². The minimum atomic E-state index is -5.09. The molecule has 0 aliphatic heterocycles. The molecule has 1 N–H and O–H groups in total. The summed E-state index contributed by atoms with van der Waals surface area (Å²) in [4.78, 5) is 12.4. The van der Waals surface area contributed by atoms with Crippen LogP contribution in [0.3, 0.4) is 0 Å². The summed E-state index contributed by atoms with van der Waals surface area (Å²) >= 11 is 0. The predicted octanol–water partition coefficient (Wildman–Crippen LogP) is 4.25. The van der Waals surface area contributed by atoms with Crippen LogP contribution in [0.1, 0.15) is 32.4 Å². The highest BCUT2D eigenvalue weighted by atomic mass is 32.2. The summed E-state index contributed by atoms with van der Waals surface area (Å²) < 4.78 is 76.5. The lowest BCUT2D eigenvalue weighted by Crippen LogP contribution is -2.36. The van der Waals surface area contributed by atoms with Crippen molar-refractivity contribution in [2.45, 2.75) is 43.7 Å². The van der Waals surface area contributed by atoms with E-state index < -0.39 is 44.9 Å². The van der Waals surface area contributed by atoms with Crippen molar-refractivity contribution in [3.8, 4) is 11.5 Å². The van der Waals surface area contributed by atoms with Crippen molar-refractivity contribution < 1.29 is 45.1 Å². The molecule has 0 saturated heterocycles. The predicted molar refractivity (Wildman–Crippen MR) is 111 cm³/mol. The maximum absolute atomic E-state index is 12.6. The van der Waals surface area contributed by atoms with E-state index >= 15 is 0 Å². The molecule has 0 radical (unpaired) electrons. The highest BCUT2D eigenvalue weighted by molar-refractivity contribution is 7.87. The first-order valence-electron chi connectivity index (χ1n) is 9.59. The first-order valence-corrected chi connectivity index (χ1v) is 11.0. The summed E-state index contributed by atoms with van der Waals surface area (Å²) in [5.74, 6) is -1.13. The fourth-order valence-corrected chi connectivity index (χ4v) is 3.62. The molecule has 0 heterocycles. The van der Waals surface area contributed by atoms with Gasteiger partial charge >= 0.3 is 22.6 Å². The Labute approximate surface area is 189 Å². The van der Waals surface area contributed by atoms with E-state index in [4.69, 9.17) is 8.92 Å². The number of aliphatic hydroxyl groups excluding tert-OH is 1. The number of carbonyl (C=O) groups is 1. The monoisotopic (exact) mass is 491 g/mol. The molecular formula is C21H24F3NO7S. The molecule has 1 unspecified atom stereocenters. The van der Waals surface area contributed by atoms with Gasteiger partial charge < -0.3 is 23.7 Å². The van der Waals surface area contributed by atoms with Gasteiger partial charge in [0.05, 0.1) is 12.6 Å². The van der Waals surface area contributed by atoms with Crippen LogP contribution in [0.15, 0.2) is 53.4 Å². The molecular weight excluding hydrogens is 467 g/mol. The molecule has 0 fully saturated rings. The minimum absolute atomic E-state index is 0.102. The van der Waals surface area contributed by atoms with Gasteiger partial charge in [-0.15, -0.1) is 13.2 Å². The topological polar surface area (TPSA) is 102 Å². The first-order chi connectivity index (χ1) is 15.1. The molecule has 33 heavy (non-hydrogen) atoms. The van der Waals surface area contributed by atoms with Gasteiger partial charge in [-0.05, 0) is 50.6 Å². The molecule has 182 valence electrons. The number of hydrogen-bond acceptors (Lipinski definition) is 7. The third-order valence-corrected chi connectivity index (χ3v) is 5.25. The number of likely N-dealkylation sites (N-methyl/N-ethyl adjacent to an activating group) is 1. The van der Waals surface area contributed by atoms with Gasteiger partial charge in [0.1, 0.15) is 16.2 Å². The summed E-state index contributed by atoms with van der Waals surface area (Å²) in [6, 6.07) is 9.33. The highest BCUT2D eigenvalue weighted by Crippen LogP contribution is 2.31. The number of aliphatic hydroxyl groups is 1. The van der Waals surface area contributed by atoms with Crippen LogP contribution in [-0.4, -0.2) is 50.1 Å². The Hall–Kier alpha value is -2.99. The van der Waals surface area contributed by atoms with Crippen molar-refractivity contribution in [1.29, 1.82) is 0 Å². The molecule has 2 rings (SSSR count). The number of benzene rings is 2. The largest absolute Gasteiger partial charge is 0.573 e. The molecule has 0 aliphatic rings. The van der Waals surface area contributed by atoms with Gasteiger partial charge in [-0.2, -0.15) is 8.42 Å². The van der Waals surface area contributed by atoms with E-state index in [2.05, 4.69) is 4.74 Å². The van der Waals surface area contributed by atoms with Crippen LogP contribution in [-0.2, 0) is 14.9 Å². The molecule has 0 bridgehead atoms. The van der Waals surface area contributed by atoms with E-state index in [0.717, 1.165) is 12.1 Å². The van der Waals surface area contributed by atoms with Gasteiger partial charge in [0, 0.05) is 7.05 Å². The number of ether oxygens (including phenoxy) is 2. The smallest absolute Gasteiger partial charge is 0.444 e. The zero-order valence-electron chi connectivity index (χ0n) is 18.3. The molecule has 0 aromatic heterocycles. The molecule has 1 atom stereocenters. The summed E-state index contributed by atoms with van der Waals surface area (Å²) in [6.45, 7) is 5.01. The lowest BCUT2D eigenvalue weighted by Gasteiger charge is -2.26. The summed E-state index contributed by atoms with van der Waals surface area (Å²) in [7, 11) is -3.21. The molecule has 0 saturated carbocycles. The average Bonchev–Trinajstić information content (AvgIpc) is 2.65. The Morgan fingerprint density at radius 1 is 1.06 bits per heavy atom. The number of nitrogens with zero attached hydrogens (tertiary/aromatic N) is 1. The zero-order chi connectivity index (χ0) is 25.0. The number of hydrogen-bond donors (Lipinski definition) is 1. The van der Waals surface area contributed by atoms with Crippen LogP contribution >= 0.6 is 0 Å². The SMILES string of the molecule is CN(CC(O)c1ccc(OS(=O)(=O)c2ccccc2OC(F)(F)F)cc1)C(=O)OC(C)(C)C. The number of rotatable bonds is 7. The van der Waals surface area contributed by atoms with Crippen LogP contribution in [0.25, 0.3) is 0 Å². The summed E-state index contributed by atoms with van der Waals surface area (Å²) in [5.41, 5.74) is -0.360. The molecule has 0 aliphatic carbocycles. The molecule has 2 aromatic rings. The zero-order valence-corrected chi connectivity index (χ0v) is 19.1. The van der Waals surface area contributed by atoms with Gasteiger partial charge in [-0.3, -0.25) is 0 Å². The number of para-hydroxylation sites is 1. The lowest BCUT2D eigenvalue weighted by atomic mass is 10.1. The second kappa shape index (κ2) is 9.87. The third kappa shape index (κ3) is 8.13. The molecule has 8 nitrogen and oxygen atoms in total. The second-order valence-electron chi connectivity index (χ2n) is 7.98. The van der Waals surface area contributed by atoms with E-state index in [9.17, 15) is 31.5 Å². The number of halogens is 3. The Bertz CT molecular complexity index is 1060. The van der Waals surface area contributed by atoms with E-state index in [0.29, 0.717) is 5.56 Å². The van der Waals surface area contributed by atoms with Gasteiger partial charge in [0.15, 0.2) is 5.75 Å². The van der Waals surface area contributed by atoms with Crippen LogP contribution in [0.5, 0.6) is 11.5 Å². The number of carbonyl (C=O) groups excluding carboxylic acids is 1. The summed E-state index contributed by atoms with van der Waals surface area (Å²) in [6.07, 6.45) is -6.84. The van der Waals surface area contributed by atoms with Crippen molar-refractivity contribution in [2.75, 3.05) is 13.6 Å². The fourth-order valence-electron chi connectivity index (χ4n) is 2.56. The van der Waals surface area contributed by atoms with Crippen molar-refractivity contribution in [1.82, 2.24) is 4.90 Å². The molecule has 1 amide bonds. The molecule has 0 spiro atoms. The quantitative estimate of drug-likeness (QED) is 0.578. The fraction of sp³-hybridized carbons (Fsp3) is 0.381. The van der Waals surface area contributed by atoms with Crippen molar-refractivity contribution in [3.05, 3.63) is 54.1 Å². The number of alkyl halides is 3. The Morgan fingerprint density at radius 2 is 1.64 bits per heavy atom. The van der Waals surface area contributed by atoms with E-state index in [1.807, 2.05) is 0 Å². The second-order valence-corrected chi connectivity index (χ2v) is 9.49. The van der Waals surface area contributed by atoms with Crippen LogP contribution in [0.4, 0.5) is 18.0 Å². The van der Waals surface area contributed by atoms with Gasteiger partial charge in [-0.1, -0.05) is 24.3 Å². The van der Waals surface area contributed by atoms with E-state index in [1.165, 1.54) is 48.3 Å². The standard InChI is InChI=1S/C21H24F3NO7S/c1-20(2,3)31-19(27)25(4)13-16(26)14-9-11-15(12-10-14)32-33(28,29)18-8-6-5-7-17(18)30-21(22,23)24/h5-12,16,26H,13H2,1-4H3. The third-order valence-electron chi connectivity index (χ3n) is 3.97. The van der Waals surface area contributed by atoms with Crippen LogP contribution in [0, 0.1) is 0 Å². The van der Waals surface area contributed by atoms with Gasteiger partial charge in [0.2, 0.25) is 0 Å². The normalized spacial score (nSPS) is 13.2. The Morgan fingerprint density at radius 3 is 2.18 bits per heavy atom. The van der Waals surface area contributed by atoms with E-state index in [1.54, 1.807) is 20.8 Å². The highest BCUT2D eigenvalue weighted by Gasteiger charge is 2.34. The lowest BCUT2D eigenvalue weighted by molar-refractivity contribution is -0.275. The van der Waals surface area contributed by atoms with Crippen LogP contribution in [0.2, 0.25) is 0 Å². The van der Waals surface area contributed by atoms with Crippen molar-refractivity contribution in [3.63, 3.8) is 0 Å². The number of amides is 1. The van der Waals surface area contributed by atoms with Gasteiger partial charge in [0.25, 0.3) is 0 Å². The molecule has 2 aromatic carbocycles. The first kappa shape index (κ1) is 26.3. The van der Waals surface area contributed by atoms with E-state index in [-0.39, 0.29) is 12.3 Å². The van der Waals surface area contributed by atoms with Gasteiger partial charge in [-0.25, -0.2) is 4.79 Å². The average molecular weight is 491 g/mol. The Balaban J connectivity index is 2.11.